The molecule has 1 unspecified atom stereocenters. The van der Waals surface area contributed by atoms with Crippen molar-refractivity contribution in [3.63, 3.8) is 0 Å². The van der Waals surface area contributed by atoms with Gasteiger partial charge in [0.1, 0.15) is 29.6 Å². The van der Waals surface area contributed by atoms with Crippen molar-refractivity contribution in [3.05, 3.63) is 131 Å². The molecule has 1 heterocycles. The SMILES string of the molecule is COc1cccc2c1CC(NCCOc1ccc(-n3ccn(-c4ccc(Oc5ccccc5)cc4)c3=O)cc1)CC2. The molecule has 208 valence electrons. The summed E-state index contributed by atoms with van der Waals surface area (Å²) in [4.78, 5) is 13.2. The van der Waals surface area contributed by atoms with Crippen LogP contribution in [0, 0.1) is 0 Å². The molecule has 1 N–H and O–H groups in total. The lowest BCUT2D eigenvalue weighted by Crippen LogP contribution is -2.37. The van der Waals surface area contributed by atoms with E-state index in [1.54, 1.807) is 28.6 Å². The third kappa shape index (κ3) is 6.05. The molecule has 0 radical (unpaired) electrons. The Morgan fingerprint density at radius 2 is 1.44 bits per heavy atom. The number of benzene rings is 4. The van der Waals surface area contributed by atoms with Crippen LogP contribution in [-0.4, -0.2) is 35.4 Å². The Hall–Kier alpha value is -4.75. The first-order valence-corrected chi connectivity index (χ1v) is 13.9. The van der Waals surface area contributed by atoms with Crippen molar-refractivity contribution in [1.29, 1.82) is 0 Å². The van der Waals surface area contributed by atoms with Crippen molar-refractivity contribution < 1.29 is 14.2 Å². The summed E-state index contributed by atoms with van der Waals surface area (Å²) < 4.78 is 20.6. The maximum atomic E-state index is 13.2. The van der Waals surface area contributed by atoms with E-state index in [-0.39, 0.29) is 5.69 Å². The van der Waals surface area contributed by atoms with Crippen molar-refractivity contribution in [1.82, 2.24) is 14.5 Å². The van der Waals surface area contributed by atoms with Crippen LogP contribution in [0.25, 0.3) is 11.4 Å². The van der Waals surface area contributed by atoms with Crippen LogP contribution in [-0.2, 0) is 12.8 Å². The lowest BCUT2D eigenvalue weighted by atomic mass is 9.87. The molecule has 0 bridgehead atoms. The number of nitrogens with one attached hydrogen (secondary N) is 1. The lowest BCUT2D eigenvalue weighted by molar-refractivity contribution is 0.299. The highest BCUT2D eigenvalue weighted by molar-refractivity contribution is 5.43. The Labute approximate surface area is 239 Å². The fourth-order valence-electron chi connectivity index (χ4n) is 5.32. The Balaban J connectivity index is 1.02. The zero-order valence-electron chi connectivity index (χ0n) is 23.0. The van der Waals surface area contributed by atoms with E-state index >= 15 is 0 Å². The molecule has 1 aliphatic rings. The highest BCUT2D eigenvalue weighted by atomic mass is 16.5. The van der Waals surface area contributed by atoms with E-state index in [9.17, 15) is 4.79 Å². The minimum atomic E-state index is -0.148. The van der Waals surface area contributed by atoms with Crippen LogP contribution in [0.1, 0.15) is 17.5 Å². The van der Waals surface area contributed by atoms with Gasteiger partial charge in [0.2, 0.25) is 0 Å². The zero-order chi connectivity index (χ0) is 28.0. The van der Waals surface area contributed by atoms with Gasteiger partial charge in [-0.15, -0.1) is 0 Å². The van der Waals surface area contributed by atoms with E-state index in [1.807, 2.05) is 84.9 Å². The number of methoxy groups -OCH3 is 1. The smallest absolute Gasteiger partial charge is 0.337 e. The van der Waals surface area contributed by atoms with E-state index in [2.05, 4.69) is 17.4 Å². The fourth-order valence-corrected chi connectivity index (χ4v) is 5.32. The van der Waals surface area contributed by atoms with E-state index in [1.165, 1.54) is 11.1 Å². The molecule has 7 heteroatoms. The molecule has 1 aromatic heterocycles. The molecule has 0 amide bonds. The van der Waals surface area contributed by atoms with Gasteiger partial charge >= 0.3 is 5.69 Å². The van der Waals surface area contributed by atoms with Gasteiger partial charge in [-0.25, -0.2) is 4.79 Å². The number of nitrogens with zero attached hydrogens (tertiary/aromatic N) is 2. The van der Waals surface area contributed by atoms with Gasteiger partial charge in [0.25, 0.3) is 0 Å². The Morgan fingerprint density at radius 3 is 2.12 bits per heavy atom. The van der Waals surface area contributed by atoms with Gasteiger partial charge in [0.05, 0.1) is 18.5 Å². The van der Waals surface area contributed by atoms with Crippen molar-refractivity contribution in [2.75, 3.05) is 20.3 Å². The number of ether oxygens (including phenoxy) is 3. The molecule has 5 aromatic rings. The minimum Gasteiger partial charge on any atom is -0.496 e. The topological polar surface area (TPSA) is 66.7 Å². The van der Waals surface area contributed by atoms with Crippen LogP contribution in [0.15, 0.2) is 114 Å². The first kappa shape index (κ1) is 26.5. The number of imidazole rings is 1. The van der Waals surface area contributed by atoms with Crippen molar-refractivity contribution in [2.45, 2.75) is 25.3 Å². The second kappa shape index (κ2) is 12.2. The van der Waals surface area contributed by atoms with Crippen LogP contribution in [0.4, 0.5) is 0 Å². The van der Waals surface area contributed by atoms with Gasteiger partial charge in [0.15, 0.2) is 0 Å². The van der Waals surface area contributed by atoms with Crippen LogP contribution in [0.2, 0.25) is 0 Å². The van der Waals surface area contributed by atoms with Crippen LogP contribution >= 0.6 is 0 Å². The van der Waals surface area contributed by atoms with Gasteiger partial charge in [-0.2, -0.15) is 0 Å². The summed E-state index contributed by atoms with van der Waals surface area (Å²) in [6.45, 7) is 1.32. The predicted octanol–water partition coefficient (Wildman–Crippen LogP) is 5.96. The first-order chi connectivity index (χ1) is 20.2. The second-order valence-corrected chi connectivity index (χ2v) is 10.1. The molecule has 1 atom stereocenters. The Bertz CT molecular complexity index is 1630. The number of aryl methyl sites for hydroxylation is 1. The molecule has 0 spiro atoms. The van der Waals surface area contributed by atoms with Crippen molar-refractivity contribution in [3.8, 4) is 34.4 Å². The lowest BCUT2D eigenvalue weighted by Gasteiger charge is -2.27. The molecule has 0 aliphatic heterocycles. The van der Waals surface area contributed by atoms with Crippen LogP contribution in [0.5, 0.6) is 23.0 Å². The molecule has 4 aromatic carbocycles. The third-order valence-electron chi connectivity index (χ3n) is 7.45. The maximum Gasteiger partial charge on any atom is 0.337 e. The molecule has 41 heavy (non-hydrogen) atoms. The molecule has 0 fully saturated rings. The third-order valence-corrected chi connectivity index (χ3v) is 7.45. The molecule has 1 aliphatic carbocycles. The summed E-state index contributed by atoms with van der Waals surface area (Å²) >= 11 is 0. The molecule has 0 saturated carbocycles. The number of aromatic nitrogens is 2. The highest BCUT2D eigenvalue weighted by Crippen LogP contribution is 2.29. The quantitative estimate of drug-likeness (QED) is 0.219. The fraction of sp³-hybridized carbons (Fsp3) is 0.206. The van der Waals surface area contributed by atoms with Crippen LogP contribution < -0.4 is 25.2 Å². The summed E-state index contributed by atoms with van der Waals surface area (Å²) in [5, 5.41) is 3.63. The number of hydrogen-bond acceptors (Lipinski definition) is 5. The average Bonchev–Trinajstić information content (AvgIpc) is 3.41. The summed E-state index contributed by atoms with van der Waals surface area (Å²) in [7, 11) is 1.74. The number of fused-ring (bicyclic) bond motifs is 1. The normalized spacial score (nSPS) is 14.3. The first-order valence-electron chi connectivity index (χ1n) is 13.9. The maximum absolute atomic E-state index is 13.2. The van der Waals surface area contributed by atoms with E-state index < -0.39 is 0 Å². The van der Waals surface area contributed by atoms with E-state index in [4.69, 9.17) is 14.2 Å². The van der Waals surface area contributed by atoms with E-state index in [0.29, 0.717) is 18.4 Å². The molecule has 6 rings (SSSR count). The van der Waals surface area contributed by atoms with Crippen molar-refractivity contribution >= 4 is 0 Å². The van der Waals surface area contributed by atoms with Gasteiger partial charge in [0, 0.05) is 25.0 Å². The number of rotatable bonds is 10. The number of para-hydroxylation sites is 1. The second-order valence-electron chi connectivity index (χ2n) is 10.1. The van der Waals surface area contributed by atoms with E-state index in [0.717, 1.165) is 54.4 Å². The summed E-state index contributed by atoms with van der Waals surface area (Å²) in [6, 6.07) is 31.4. The Kier molecular flexibility index (Phi) is 7.87. The average molecular weight is 548 g/mol. The standard InChI is InChI=1S/C34H33N3O4/c1-39-33-9-5-6-25-10-11-26(24-32(25)33)35-20-23-40-29-16-12-27(13-17-29)36-21-22-37(34(36)38)28-14-18-31(19-15-28)41-30-7-3-2-4-8-30/h2-9,12-19,21-22,26,35H,10-11,20,23-24H2,1H3. The van der Waals surface area contributed by atoms with Crippen LogP contribution in [0.3, 0.4) is 0 Å². The predicted molar refractivity (Wildman–Crippen MR) is 160 cm³/mol. The highest BCUT2D eigenvalue weighted by Gasteiger charge is 2.21. The zero-order valence-corrected chi connectivity index (χ0v) is 23.0. The summed E-state index contributed by atoms with van der Waals surface area (Å²) in [5.41, 5.74) is 4.10. The van der Waals surface area contributed by atoms with Gasteiger partial charge in [-0.1, -0.05) is 30.3 Å². The molecular weight excluding hydrogens is 514 g/mol. The molecule has 0 saturated heterocycles. The van der Waals surface area contributed by atoms with Crippen molar-refractivity contribution in [2.24, 2.45) is 0 Å². The minimum absolute atomic E-state index is 0.148. The van der Waals surface area contributed by atoms with Gasteiger partial charge in [-0.05, 0) is 97.1 Å². The largest absolute Gasteiger partial charge is 0.496 e. The summed E-state index contributed by atoms with van der Waals surface area (Å²) in [6.07, 6.45) is 6.67. The van der Waals surface area contributed by atoms with Gasteiger partial charge in [-0.3, -0.25) is 9.13 Å². The number of hydrogen-bond donors (Lipinski definition) is 1. The van der Waals surface area contributed by atoms with Gasteiger partial charge < -0.3 is 19.5 Å². The molecular formula is C34H33N3O4. The monoisotopic (exact) mass is 547 g/mol. The molecule has 7 nitrogen and oxygen atoms in total. The summed E-state index contributed by atoms with van der Waals surface area (Å²) in [5.74, 6) is 3.23. The Morgan fingerprint density at radius 1 is 0.780 bits per heavy atom.